The van der Waals surface area contributed by atoms with E-state index in [0.717, 1.165) is 29.8 Å². The van der Waals surface area contributed by atoms with Crippen molar-refractivity contribution in [2.24, 2.45) is 4.99 Å². The number of carbonyl (C=O) groups is 1. The summed E-state index contributed by atoms with van der Waals surface area (Å²) in [6, 6.07) is 7.65. The van der Waals surface area contributed by atoms with E-state index in [1.165, 1.54) is 6.42 Å². The van der Waals surface area contributed by atoms with Crippen LogP contribution in [0.15, 0.2) is 33.7 Å². The van der Waals surface area contributed by atoms with Crippen molar-refractivity contribution in [3.63, 3.8) is 0 Å². The van der Waals surface area contributed by atoms with Crippen molar-refractivity contribution in [3.8, 4) is 0 Å². The molecule has 2 bridgehead atoms. The van der Waals surface area contributed by atoms with Crippen molar-refractivity contribution >= 4 is 51.8 Å². The number of amides is 1. The zero-order chi connectivity index (χ0) is 17.6. The zero-order valence-electron chi connectivity index (χ0n) is 14.8. The van der Waals surface area contributed by atoms with Gasteiger partial charge in [-0.3, -0.25) is 9.79 Å². The molecule has 26 heavy (non-hydrogen) atoms. The third kappa shape index (κ3) is 5.82. The molecule has 3 unspecified atom stereocenters. The summed E-state index contributed by atoms with van der Waals surface area (Å²) >= 11 is 3.36. The van der Waals surface area contributed by atoms with Crippen LogP contribution in [-0.4, -0.2) is 49.8 Å². The minimum Gasteiger partial charge on any atom is -0.373 e. The molecule has 2 heterocycles. The lowest BCUT2D eigenvalue weighted by molar-refractivity contribution is 0.0954. The van der Waals surface area contributed by atoms with Crippen molar-refractivity contribution in [2.75, 3.05) is 19.6 Å². The molecular formula is C18H26BrIN4O2. The van der Waals surface area contributed by atoms with E-state index < -0.39 is 0 Å². The molecule has 2 aliphatic heterocycles. The van der Waals surface area contributed by atoms with Gasteiger partial charge in [0.25, 0.3) is 5.91 Å². The van der Waals surface area contributed by atoms with E-state index >= 15 is 0 Å². The summed E-state index contributed by atoms with van der Waals surface area (Å²) in [6.07, 6.45) is 4.08. The Morgan fingerprint density at radius 1 is 1.27 bits per heavy atom. The molecule has 1 aromatic rings. The number of benzene rings is 1. The maximum Gasteiger partial charge on any atom is 0.251 e. The minimum atomic E-state index is -0.0813. The second kappa shape index (κ2) is 10.5. The summed E-state index contributed by atoms with van der Waals surface area (Å²) in [5, 5.41) is 9.63. The second-order valence-corrected chi connectivity index (χ2v) is 7.30. The van der Waals surface area contributed by atoms with Crippen LogP contribution in [0.3, 0.4) is 0 Å². The molecule has 3 atom stereocenters. The summed E-state index contributed by atoms with van der Waals surface area (Å²) in [7, 11) is 0. The molecule has 2 aliphatic rings. The third-order valence-electron chi connectivity index (χ3n) is 4.55. The summed E-state index contributed by atoms with van der Waals surface area (Å²) in [4.78, 5) is 16.6. The maximum atomic E-state index is 12.1. The van der Waals surface area contributed by atoms with Crippen LogP contribution in [0.4, 0.5) is 0 Å². The number of nitrogens with one attached hydrogen (secondary N) is 3. The quantitative estimate of drug-likeness (QED) is 0.226. The van der Waals surface area contributed by atoms with Crippen LogP contribution >= 0.6 is 39.9 Å². The highest BCUT2D eigenvalue weighted by Gasteiger charge is 2.41. The Labute approximate surface area is 180 Å². The molecule has 6 nitrogen and oxygen atoms in total. The van der Waals surface area contributed by atoms with Gasteiger partial charge in [0.15, 0.2) is 5.96 Å². The monoisotopic (exact) mass is 536 g/mol. The summed E-state index contributed by atoms with van der Waals surface area (Å²) in [6.45, 7) is 3.88. The molecule has 1 amide bonds. The third-order valence-corrected chi connectivity index (χ3v) is 5.07. The van der Waals surface area contributed by atoms with Crippen LogP contribution in [0.1, 0.15) is 36.5 Å². The lowest BCUT2D eigenvalue weighted by Crippen LogP contribution is -2.47. The van der Waals surface area contributed by atoms with Crippen molar-refractivity contribution in [1.29, 1.82) is 0 Å². The van der Waals surface area contributed by atoms with Crippen LogP contribution in [0.2, 0.25) is 0 Å². The average Bonchev–Trinajstić information content (AvgIpc) is 3.22. The first-order chi connectivity index (χ1) is 12.2. The fraction of sp³-hybridized carbons (Fsp3) is 0.556. The molecule has 3 rings (SSSR count). The number of hydrogen-bond acceptors (Lipinski definition) is 3. The van der Waals surface area contributed by atoms with Crippen molar-refractivity contribution in [1.82, 2.24) is 16.0 Å². The van der Waals surface area contributed by atoms with Gasteiger partial charge >= 0.3 is 0 Å². The summed E-state index contributed by atoms with van der Waals surface area (Å²) < 4.78 is 6.83. The number of hydrogen-bond donors (Lipinski definition) is 3. The topological polar surface area (TPSA) is 74.8 Å². The van der Waals surface area contributed by atoms with Crippen molar-refractivity contribution in [3.05, 3.63) is 34.3 Å². The van der Waals surface area contributed by atoms with Crippen LogP contribution in [0.25, 0.3) is 0 Å². The predicted molar refractivity (Wildman–Crippen MR) is 117 cm³/mol. The lowest BCUT2D eigenvalue weighted by Gasteiger charge is -2.22. The molecule has 0 saturated carbocycles. The van der Waals surface area contributed by atoms with Gasteiger partial charge in [-0.2, -0.15) is 0 Å². The van der Waals surface area contributed by atoms with Gasteiger partial charge in [0.2, 0.25) is 0 Å². The van der Waals surface area contributed by atoms with Crippen molar-refractivity contribution in [2.45, 2.75) is 44.4 Å². The number of guanidine groups is 1. The summed E-state index contributed by atoms with van der Waals surface area (Å²) in [5.74, 6) is 0.712. The van der Waals surface area contributed by atoms with E-state index in [9.17, 15) is 4.79 Å². The standard InChI is InChI=1S/C18H25BrN4O2.HI/c1-2-20-18(23-15-11-14-7-8-16(15)25-14)22-10-9-21-17(24)12-3-5-13(19)6-4-12;/h3-6,14-16H,2,7-11H2,1H3,(H,21,24)(H2,20,22,23);1H. The number of halogens is 2. The highest BCUT2D eigenvalue weighted by Crippen LogP contribution is 2.34. The van der Waals surface area contributed by atoms with Gasteiger partial charge < -0.3 is 20.7 Å². The van der Waals surface area contributed by atoms with Gasteiger partial charge in [-0.05, 0) is 50.5 Å². The van der Waals surface area contributed by atoms with Crippen LogP contribution in [-0.2, 0) is 4.74 Å². The van der Waals surface area contributed by atoms with Crippen molar-refractivity contribution < 1.29 is 9.53 Å². The molecule has 2 fully saturated rings. The smallest absolute Gasteiger partial charge is 0.251 e. The molecule has 2 saturated heterocycles. The van der Waals surface area contributed by atoms with Gasteiger partial charge in [-0.15, -0.1) is 24.0 Å². The normalized spacial score (nSPS) is 24.1. The lowest BCUT2D eigenvalue weighted by atomic mass is 9.96. The van der Waals surface area contributed by atoms with Crippen LogP contribution in [0.5, 0.6) is 0 Å². The Kier molecular flexibility index (Phi) is 8.62. The Balaban J connectivity index is 0.00000243. The fourth-order valence-electron chi connectivity index (χ4n) is 3.33. The summed E-state index contributed by atoms with van der Waals surface area (Å²) in [5.41, 5.74) is 0.649. The molecule has 1 aromatic carbocycles. The van der Waals surface area contributed by atoms with Gasteiger partial charge in [-0.1, -0.05) is 15.9 Å². The van der Waals surface area contributed by atoms with Crippen LogP contribution in [0, 0.1) is 0 Å². The average molecular weight is 537 g/mol. The zero-order valence-corrected chi connectivity index (χ0v) is 18.8. The number of fused-ring (bicyclic) bond motifs is 2. The Bertz CT molecular complexity index is 626. The van der Waals surface area contributed by atoms with E-state index in [-0.39, 0.29) is 29.9 Å². The van der Waals surface area contributed by atoms with Gasteiger partial charge in [0, 0.05) is 23.1 Å². The first-order valence-corrected chi connectivity index (χ1v) is 9.69. The van der Waals surface area contributed by atoms with Gasteiger partial charge in [-0.25, -0.2) is 0 Å². The highest BCUT2D eigenvalue weighted by molar-refractivity contribution is 14.0. The number of nitrogens with zero attached hydrogens (tertiary/aromatic N) is 1. The first kappa shape index (κ1) is 21.4. The molecule has 0 radical (unpaired) electrons. The molecule has 8 heteroatoms. The number of aliphatic imine (C=N–C) groups is 1. The molecular weight excluding hydrogens is 511 g/mol. The Morgan fingerprint density at radius 3 is 2.65 bits per heavy atom. The Hall–Kier alpha value is -0.870. The van der Waals surface area contributed by atoms with E-state index in [2.05, 4.69) is 36.9 Å². The molecule has 0 aliphatic carbocycles. The number of rotatable bonds is 6. The van der Waals surface area contributed by atoms with Gasteiger partial charge in [0.1, 0.15) is 0 Å². The Morgan fingerprint density at radius 2 is 2.04 bits per heavy atom. The SMILES string of the molecule is CCNC(=NCCNC(=O)c1ccc(Br)cc1)NC1CC2CCC1O2.I. The van der Waals surface area contributed by atoms with E-state index in [4.69, 9.17) is 4.74 Å². The fourth-order valence-corrected chi connectivity index (χ4v) is 3.59. The predicted octanol–water partition coefficient (Wildman–Crippen LogP) is 2.67. The van der Waals surface area contributed by atoms with E-state index in [1.54, 1.807) is 12.1 Å². The van der Waals surface area contributed by atoms with Crippen LogP contribution < -0.4 is 16.0 Å². The minimum absolute atomic E-state index is 0. The first-order valence-electron chi connectivity index (χ1n) is 8.89. The second-order valence-electron chi connectivity index (χ2n) is 6.38. The van der Waals surface area contributed by atoms with E-state index in [1.807, 2.05) is 19.1 Å². The number of ether oxygens (including phenoxy) is 1. The molecule has 0 aromatic heterocycles. The molecule has 0 spiro atoms. The largest absolute Gasteiger partial charge is 0.373 e. The number of carbonyl (C=O) groups excluding carboxylic acids is 1. The molecule has 144 valence electrons. The highest BCUT2D eigenvalue weighted by atomic mass is 127. The van der Waals surface area contributed by atoms with E-state index in [0.29, 0.717) is 36.9 Å². The molecule has 3 N–H and O–H groups in total. The maximum absolute atomic E-state index is 12.1. The van der Waals surface area contributed by atoms with Gasteiger partial charge in [0.05, 0.1) is 24.8 Å².